The van der Waals surface area contributed by atoms with Crippen LogP contribution in [0.5, 0.6) is 0 Å². The van der Waals surface area contributed by atoms with E-state index in [1.165, 1.54) is 24.2 Å². The average Bonchev–Trinajstić information content (AvgIpc) is 3.26. The van der Waals surface area contributed by atoms with Crippen molar-refractivity contribution >= 4 is 28.3 Å². The summed E-state index contributed by atoms with van der Waals surface area (Å²) in [5.41, 5.74) is -0.0385. The number of nitrogens with one attached hydrogen (secondary N) is 1. The summed E-state index contributed by atoms with van der Waals surface area (Å²) in [6.45, 7) is 6.89. The van der Waals surface area contributed by atoms with Crippen molar-refractivity contribution < 1.29 is 9.59 Å². The van der Waals surface area contributed by atoms with Gasteiger partial charge in [-0.15, -0.1) is 10.2 Å². The Hall–Kier alpha value is -1.50. The third-order valence-electron chi connectivity index (χ3n) is 5.41. The third-order valence-corrected chi connectivity index (χ3v) is 6.62. The first-order valence-corrected chi connectivity index (χ1v) is 9.66. The molecule has 1 aliphatic carbocycles. The van der Waals surface area contributed by atoms with Crippen molar-refractivity contribution in [2.24, 2.45) is 5.92 Å². The summed E-state index contributed by atoms with van der Waals surface area (Å²) in [5.74, 6) is -0.266. The van der Waals surface area contributed by atoms with Gasteiger partial charge in [-0.25, -0.2) is 0 Å². The lowest BCUT2D eigenvalue weighted by atomic mass is 9.91. The van der Waals surface area contributed by atoms with Gasteiger partial charge >= 0.3 is 0 Å². The van der Waals surface area contributed by atoms with E-state index in [-0.39, 0.29) is 23.1 Å². The van der Waals surface area contributed by atoms with Crippen LogP contribution in [0.2, 0.25) is 0 Å². The molecule has 1 aliphatic heterocycles. The summed E-state index contributed by atoms with van der Waals surface area (Å²) in [4.78, 5) is 26.6. The number of amides is 2. The van der Waals surface area contributed by atoms with Crippen molar-refractivity contribution in [1.29, 1.82) is 0 Å². The van der Waals surface area contributed by atoms with Crippen LogP contribution < -0.4 is 5.32 Å². The minimum absolute atomic E-state index is 0.0385. The SMILES string of the molecule is CCC(C)(C)c1nnc(NC(=O)C2CC(=O)N(C3CCCC3)C2)s1. The highest BCUT2D eigenvalue weighted by molar-refractivity contribution is 7.15. The molecule has 0 radical (unpaired) electrons. The lowest BCUT2D eigenvalue weighted by Gasteiger charge is -2.23. The Labute approximate surface area is 147 Å². The minimum atomic E-state index is -0.273. The fourth-order valence-corrected chi connectivity index (χ4v) is 4.30. The Morgan fingerprint density at radius 2 is 2.04 bits per heavy atom. The van der Waals surface area contributed by atoms with Crippen molar-refractivity contribution in [2.75, 3.05) is 11.9 Å². The number of carbonyl (C=O) groups is 2. The predicted octanol–water partition coefficient (Wildman–Crippen LogP) is 2.96. The van der Waals surface area contributed by atoms with Gasteiger partial charge in [0.15, 0.2) is 0 Å². The van der Waals surface area contributed by atoms with E-state index in [1.807, 2.05) is 4.90 Å². The molecule has 1 atom stereocenters. The molecule has 2 fully saturated rings. The summed E-state index contributed by atoms with van der Waals surface area (Å²) >= 11 is 1.43. The van der Waals surface area contributed by atoms with E-state index < -0.39 is 0 Å². The zero-order chi connectivity index (χ0) is 17.3. The molecule has 1 aromatic heterocycles. The van der Waals surface area contributed by atoms with Crippen molar-refractivity contribution in [3.05, 3.63) is 5.01 Å². The minimum Gasteiger partial charge on any atom is -0.339 e. The number of aromatic nitrogens is 2. The van der Waals surface area contributed by atoms with Gasteiger partial charge in [0.2, 0.25) is 16.9 Å². The summed E-state index contributed by atoms with van der Waals surface area (Å²) in [7, 11) is 0. The molecule has 6 nitrogen and oxygen atoms in total. The van der Waals surface area contributed by atoms with Crippen LogP contribution in [0.15, 0.2) is 0 Å². The zero-order valence-corrected chi connectivity index (χ0v) is 15.5. The quantitative estimate of drug-likeness (QED) is 0.886. The van der Waals surface area contributed by atoms with Crippen LogP contribution in [0.1, 0.15) is 64.3 Å². The Morgan fingerprint density at radius 1 is 1.33 bits per heavy atom. The fraction of sp³-hybridized carbons (Fsp3) is 0.765. The molecule has 1 aromatic rings. The van der Waals surface area contributed by atoms with Crippen molar-refractivity contribution in [1.82, 2.24) is 15.1 Å². The van der Waals surface area contributed by atoms with Gasteiger partial charge in [0, 0.05) is 24.4 Å². The third kappa shape index (κ3) is 3.45. The molecular formula is C17H26N4O2S. The number of nitrogens with zero attached hydrogens (tertiary/aromatic N) is 3. The van der Waals surface area contributed by atoms with Gasteiger partial charge in [-0.05, 0) is 19.3 Å². The lowest BCUT2D eigenvalue weighted by Crippen LogP contribution is -2.35. The van der Waals surface area contributed by atoms with Crippen LogP contribution in [0.3, 0.4) is 0 Å². The number of rotatable bonds is 5. The standard InChI is InChI=1S/C17H26N4O2S/c1-4-17(2,3)15-19-20-16(24-15)18-14(23)11-9-13(22)21(10-11)12-7-5-6-8-12/h11-12H,4-10H2,1-3H3,(H,18,20,23). The van der Waals surface area contributed by atoms with E-state index in [1.54, 1.807) is 0 Å². The van der Waals surface area contributed by atoms with E-state index in [0.717, 1.165) is 24.3 Å². The first kappa shape index (κ1) is 17.3. The first-order chi connectivity index (χ1) is 11.4. The van der Waals surface area contributed by atoms with E-state index in [2.05, 4.69) is 36.3 Å². The number of carbonyl (C=O) groups excluding carboxylic acids is 2. The Bertz CT molecular complexity index is 622. The van der Waals surface area contributed by atoms with Crippen LogP contribution in [-0.4, -0.2) is 39.5 Å². The van der Waals surface area contributed by atoms with Gasteiger partial charge in [-0.3, -0.25) is 9.59 Å². The maximum Gasteiger partial charge on any atom is 0.231 e. The predicted molar refractivity (Wildman–Crippen MR) is 93.9 cm³/mol. The number of anilines is 1. The molecule has 24 heavy (non-hydrogen) atoms. The highest BCUT2D eigenvalue weighted by atomic mass is 32.1. The van der Waals surface area contributed by atoms with Crippen molar-refractivity contribution in [3.8, 4) is 0 Å². The molecule has 1 unspecified atom stereocenters. The van der Waals surface area contributed by atoms with E-state index in [4.69, 9.17) is 0 Å². The molecule has 0 aromatic carbocycles. The molecule has 132 valence electrons. The van der Waals surface area contributed by atoms with Crippen molar-refractivity contribution in [2.45, 2.75) is 70.8 Å². The molecular weight excluding hydrogens is 324 g/mol. The zero-order valence-electron chi connectivity index (χ0n) is 14.7. The summed E-state index contributed by atoms with van der Waals surface area (Å²) in [6, 6.07) is 0.341. The second kappa shape index (κ2) is 6.78. The van der Waals surface area contributed by atoms with Crippen LogP contribution in [0, 0.1) is 5.92 Å². The van der Waals surface area contributed by atoms with Gasteiger partial charge in [-0.1, -0.05) is 44.9 Å². The molecule has 0 spiro atoms. The van der Waals surface area contributed by atoms with Crippen molar-refractivity contribution in [3.63, 3.8) is 0 Å². The van der Waals surface area contributed by atoms with Crippen LogP contribution >= 0.6 is 11.3 Å². The first-order valence-electron chi connectivity index (χ1n) is 8.85. The van der Waals surface area contributed by atoms with E-state index in [9.17, 15) is 9.59 Å². The summed E-state index contributed by atoms with van der Waals surface area (Å²) in [5, 5.41) is 12.6. The van der Waals surface area contributed by atoms with E-state index >= 15 is 0 Å². The molecule has 1 saturated heterocycles. The number of hydrogen-bond donors (Lipinski definition) is 1. The van der Waals surface area contributed by atoms with Gasteiger partial charge in [0.25, 0.3) is 0 Å². The number of hydrogen-bond acceptors (Lipinski definition) is 5. The monoisotopic (exact) mass is 350 g/mol. The highest BCUT2D eigenvalue weighted by Crippen LogP contribution is 2.32. The fourth-order valence-electron chi connectivity index (χ4n) is 3.38. The molecule has 1 saturated carbocycles. The smallest absolute Gasteiger partial charge is 0.231 e. The van der Waals surface area contributed by atoms with Gasteiger partial charge in [0.05, 0.1) is 5.92 Å². The van der Waals surface area contributed by atoms with Gasteiger partial charge < -0.3 is 10.2 Å². The topological polar surface area (TPSA) is 75.2 Å². The Kier molecular flexibility index (Phi) is 4.90. The van der Waals surface area contributed by atoms with Crippen LogP contribution in [0.25, 0.3) is 0 Å². The molecule has 2 aliphatic rings. The summed E-state index contributed by atoms with van der Waals surface area (Å²) in [6.07, 6.45) is 5.80. The molecule has 0 bridgehead atoms. The van der Waals surface area contributed by atoms with Gasteiger partial charge in [0.1, 0.15) is 5.01 Å². The second-order valence-corrected chi connectivity index (χ2v) is 8.50. The summed E-state index contributed by atoms with van der Waals surface area (Å²) < 4.78 is 0. The molecule has 2 heterocycles. The number of likely N-dealkylation sites (tertiary alicyclic amines) is 1. The molecule has 1 N–H and O–H groups in total. The largest absolute Gasteiger partial charge is 0.339 e. The van der Waals surface area contributed by atoms with Gasteiger partial charge in [-0.2, -0.15) is 0 Å². The maximum absolute atomic E-state index is 12.5. The highest BCUT2D eigenvalue weighted by Gasteiger charge is 2.39. The molecule has 7 heteroatoms. The molecule has 3 rings (SSSR count). The Balaban J connectivity index is 1.60. The molecule has 2 amide bonds. The average molecular weight is 350 g/mol. The van der Waals surface area contributed by atoms with Crippen LogP contribution in [0.4, 0.5) is 5.13 Å². The van der Waals surface area contributed by atoms with E-state index in [0.29, 0.717) is 24.1 Å². The second-order valence-electron chi connectivity index (χ2n) is 7.52. The maximum atomic E-state index is 12.5. The Morgan fingerprint density at radius 3 is 2.71 bits per heavy atom. The lowest BCUT2D eigenvalue weighted by molar-refractivity contribution is -0.129. The normalized spacial score (nSPS) is 22.4. The van der Waals surface area contributed by atoms with Crippen LogP contribution in [-0.2, 0) is 15.0 Å².